The molecule has 0 radical (unpaired) electrons. The number of carbonyl (C=O) groups excluding carboxylic acids is 2. The van der Waals surface area contributed by atoms with E-state index in [1.54, 1.807) is 0 Å². The number of halogens is 3. The van der Waals surface area contributed by atoms with E-state index in [4.69, 9.17) is 15.3 Å². The Morgan fingerprint density at radius 2 is 1.83 bits per heavy atom. The molecular formula is C8H12F3NO6. The van der Waals surface area contributed by atoms with Crippen molar-refractivity contribution in [3.05, 3.63) is 0 Å². The third-order valence-corrected chi connectivity index (χ3v) is 1.68. The van der Waals surface area contributed by atoms with Gasteiger partial charge >= 0.3 is 18.1 Å². The third-order valence-electron chi connectivity index (χ3n) is 1.68. The summed E-state index contributed by atoms with van der Waals surface area (Å²) in [5.41, 5.74) is 0. The van der Waals surface area contributed by atoms with Gasteiger partial charge in [-0.1, -0.05) is 0 Å². The number of aliphatic hydroxyl groups is 3. The van der Waals surface area contributed by atoms with Crippen LogP contribution in [0.3, 0.4) is 0 Å². The van der Waals surface area contributed by atoms with Crippen molar-refractivity contribution >= 4 is 11.9 Å². The standard InChI is InChI=1S/C8H12F3NO6/c9-8(10,11)7(17)12-1-2-18-6(16)5(15)4(14)3-13/h4-5,13-15H,1-3H2,(H,12,17)/t4-,5+/m0/s1. The lowest BCUT2D eigenvalue weighted by Crippen LogP contribution is -2.41. The number of carbonyl (C=O) groups is 2. The summed E-state index contributed by atoms with van der Waals surface area (Å²) in [5, 5.41) is 27.6. The molecule has 0 aliphatic carbocycles. The summed E-state index contributed by atoms with van der Waals surface area (Å²) >= 11 is 0. The summed E-state index contributed by atoms with van der Waals surface area (Å²) in [6, 6.07) is 0. The fourth-order valence-corrected chi connectivity index (χ4v) is 0.759. The van der Waals surface area contributed by atoms with Crippen molar-refractivity contribution in [1.82, 2.24) is 5.32 Å². The van der Waals surface area contributed by atoms with Gasteiger partial charge in [0.25, 0.3) is 0 Å². The molecule has 18 heavy (non-hydrogen) atoms. The summed E-state index contributed by atoms with van der Waals surface area (Å²) < 4.78 is 39.3. The molecule has 7 nitrogen and oxygen atoms in total. The summed E-state index contributed by atoms with van der Waals surface area (Å²) in [5.74, 6) is -3.51. The Kier molecular flexibility index (Phi) is 6.58. The SMILES string of the molecule is O=C(OCCNC(=O)C(F)(F)F)[C@H](O)[C@@H](O)CO. The highest BCUT2D eigenvalue weighted by molar-refractivity contribution is 5.81. The zero-order chi connectivity index (χ0) is 14.3. The topological polar surface area (TPSA) is 116 Å². The molecule has 0 saturated carbocycles. The van der Waals surface area contributed by atoms with Crippen molar-refractivity contribution in [2.75, 3.05) is 19.8 Å². The lowest BCUT2D eigenvalue weighted by atomic mass is 10.2. The van der Waals surface area contributed by atoms with Crippen molar-refractivity contribution < 1.29 is 42.8 Å². The Morgan fingerprint density at radius 1 is 1.28 bits per heavy atom. The number of aliphatic hydroxyl groups excluding tert-OH is 3. The molecule has 1 amide bonds. The first-order chi connectivity index (χ1) is 8.20. The molecule has 0 heterocycles. The minimum Gasteiger partial charge on any atom is -0.462 e. The zero-order valence-corrected chi connectivity index (χ0v) is 8.98. The van der Waals surface area contributed by atoms with E-state index in [1.807, 2.05) is 0 Å². The minimum absolute atomic E-state index is 0.605. The third kappa shape index (κ3) is 5.80. The van der Waals surface area contributed by atoms with Gasteiger partial charge in [0.1, 0.15) is 12.7 Å². The average molecular weight is 275 g/mol. The van der Waals surface area contributed by atoms with E-state index in [0.29, 0.717) is 0 Å². The van der Waals surface area contributed by atoms with Crippen molar-refractivity contribution in [2.24, 2.45) is 0 Å². The molecule has 0 bridgehead atoms. The van der Waals surface area contributed by atoms with Crippen LogP contribution in [0.2, 0.25) is 0 Å². The summed E-state index contributed by atoms with van der Waals surface area (Å²) in [6.45, 7) is -2.11. The molecule has 4 N–H and O–H groups in total. The van der Waals surface area contributed by atoms with Crippen LogP contribution in [-0.2, 0) is 14.3 Å². The molecule has 0 aliphatic heterocycles. The van der Waals surface area contributed by atoms with Crippen LogP contribution in [0.4, 0.5) is 13.2 Å². The average Bonchev–Trinajstić information content (AvgIpc) is 2.30. The van der Waals surface area contributed by atoms with Gasteiger partial charge in [0.2, 0.25) is 0 Å². The second-order valence-electron chi connectivity index (χ2n) is 3.12. The lowest BCUT2D eigenvalue weighted by molar-refractivity contribution is -0.174. The van der Waals surface area contributed by atoms with Crippen molar-refractivity contribution in [3.8, 4) is 0 Å². The van der Waals surface area contributed by atoms with E-state index in [0.717, 1.165) is 0 Å². The Labute approximate surface area is 99.2 Å². The molecule has 0 aromatic rings. The molecule has 106 valence electrons. The van der Waals surface area contributed by atoms with E-state index in [2.05, 4.69) is 4.74 Å². The fraction of sp³-hybridized carbons (Fsp3) is 0.750. The summed E-state index contributed by atoms with van der Waals surface area (Å²) in [6.07, 6.45) is -8.79. The fourth-order valence-electron chi connectivity index (χ4n) is 0.759. The predicted molar refractivity (Wildman–Crippen MR) is 49.1 cm³/mol. The number of hydrogen-bond acceptors (Lipinski definition) is 6. The highest BCUT2D eigenvalue weighted by Gasteiger charge is 2.38. The number of rotatable bonds is 6. The largest absolute Gasteiger partial charge is 0.471 e. The van der Waals surface area contributed by atoms with Crippen LogP contribution in [-0.4, -0.2) is 65.3 Å². The van der Waals surface area contributed by atoms with Crippen LogP contribution in [0.25, 0.3) is 0 Å². The van der Waals surface area contributed by atoms with E-state index < -0.39 is 50.0 Å². The minimum atomic E-state index is -5.03. The van der Waals surface area contributed by atoms with Gasteiger partial charge in [-0.3, -0.25) is 4.79 Å². The van der Waals surface area contributed by atoms with Gasteiger partial charge in [0, 0.05) is 0 Å². The molecule has 0 spiro atoms. The smallest absolute Gasteiger partial charge is 0.462 e. The maximum Gasteiger partial charge on any atom is 0.471 e. The van der Waals surface area contributed by atoms with Gasteiger partial charge < -0.3 is 25.4 Å². The second kappa shape index (κ2) is 7.13. The van der Waals surface area contributed by atoms with Gasteiger partial charge in [-0.15, -0.1) is 0 Å². The summed E-state index contributed by atoms with van der Waals surface area (Å²) in [7, 11) is 0. The first-order valence-electron chi connectivity index (χ1n) is 4.68. The van der Waals surface area contributed by atoms with E-state index in [-0.39, 0.29) is 0 Å². The monoisotopic (exact) mass is 275 g/mol. The van der Waals surface area contributed by atoms with Crippen LogP contribution < -0.4 is 5.32 Å². The van der Waals surface area contributed by atoms with E-state index in [1.165, 1.54) is 5.32 Å². The molecular weight excluding hydrogens is 263 g/mol. The molecule has 2 atom stereocenters. The number of esters is 1. The van der Waals surface area contributed by atoms with Crippen LogP contribution in [0.15, 0.2) is 0 Å². The molecule has 10 heteroatoms. The Hall–Kier alpha value is -1.39. The van der Waals surface area contributed by atoms with Gasteiger partial charge in [0.05, 0.1) is 13.2 Å². The van der Waals surface area contributed by atoms with Crippen LogP contribution in [0, 0.1) is 0 Å². The number of amides is 1. The van der Waals surface area contributed by atoms with Crippen LogP contribution >= 0.6 is 0 Å². The summed E-state index contributed by atoms with van der Waals surface area (Å²) in [4.78, 5) is 21.2. The van der Waals surface area contributed by atoms with Gasteiger partial charge in [-0.05, 0) is 0 Å². The van der Waals surface area contributed by atoms with Gasteiger partial charge in [-0.25, -0.2) is 4.79 Å². The Balaban J connectivity index is 3.86. The first kappa shape index (κ1) is 16.6. The van der Waals surface area contributed by atoms with E-state index in [9.17, 15) is 22.8 Å². The van der Waals surface area contributed by atoms with Crippen LogP contribution in [0.1, 0.15) is 0 Å². The number of nitrogens with one attached hydrogen (secondary N) is 1. The first-order valence-corrected chi connectivity index (χ1v) is 4.68. The quantitative estimate of drug-likeness (QED) is 0.327. The Bertz CT molecular complexity index is 295. The molecule has 0 unspecified atom stereocenters. The molecule has 0 aliphatic rings. The number of alkyl halides is 3. The molecule has 0 aromatic carbocycles. The van der Waals surface area contributed by atoms with Crippen molar-refractivity contribution in [2.45, 2.75) is 18.4 Å². The molecule has 0 fully saturated rings. The Morgan fingerprint density at radius 3 is 2.28 bits per heavy atom. The normalized spacial score (nSPS) is 14.8. The van der Waals surface area contributed by atoms with Crippen molar-refractivity contribution in [3.63, 3.8) is 0 Å². The number of hydrogen-bond donors (Lipinski definition) is 4. The predicted octanol–water partition coefficient (Wildman–Crippen LogP) is -2.08. The van der Waals surface area contributed by atoms with Gasteiger partial charge in [0.15, 0.2) is 6.10 Å². The van der Waals surface area contributed by atoms with Gasteiger partial charge in [-0.2, -0.15) is 13.2 Å². The van der Waals surface area contributed by atoms with Crippen LogP contribution in [0.5, 0.6) is 0 Å². The number of ether oxygens (including phenoxy) is 1. The van der Waals surface area contributed by atoms with E-state index >= 15 is 0 Å². The lowest BCUT2D eigenvalue weighted by Gasteiger charge is -2.14. The van der Waals surface area contributed by atoms with Crippen molar-refractivity contribution in [1.29, 1.82) is 0 Å². The maximum absolute atomic E-state index is 11.7. The highest BCUT2D eigenvalue weighted by atomic mass is 19.4. The zero-order valence-electron chi connectivity index (χ0n) is 8.98. The molecule has 0 rings (SSSR count). The molecule has 0 aromatic heterocycles. The molecule has 0 saturated heterocycles. The second-order valence-corrected chi connectivity index (χ2v) is 3.12. The highest BCUT2D eigenvalue weighted by Crippen LogP contribution is 2.13. The maximum atomic E-state index is 11.7.